The maximum atomic E-state index is 12.1. The molecule has 3 aromatic rings. The third-order valence-corrected chi connectivity index (χ3v) is 6.64. The first-order chi connectivity index (χ1) is 16.1. The van der Waals surface area contributed by atoms with Crippen LogP contribution in [0, 0.1) is 5.92 Å². The second-order valence-corrected chi connectivity index (χ2v) is 10.7. The largest absolute Gasteiger partial charge is 0.471 e. The highest BCUT2D eigenvalue weighted by Crippen LogP contribution is 2.25. The number of fused-ring (bicyclic) bond motifs is 1. The van der Waals surface area contributed by atoms with Crippen LogP contribution in [0.25, 0.3) is 16.7 Å². The lowest BCUT2D eigenvalue weighted by molar-refractivity contribution is 0.0724. The van der Waals surface area contributed by atoms with Crippen LogP contribution in [0.4, 0.5) is 4.79 Å². The SMILES string of the molecule is CC(C)OC(=O)N(C)CC1COCC1Oc1cc(-n2ccc3cc(S(C)(=O)=O)ccc32)ncn1. The smallest absolute Gasteiger partial charge is 0.409 e. The first-order valence-electron chi connectivity index (χ1n) is 10.9. The first kappa shape index (κ1) is 24.0. The molecule has 2 unspecified atom stereocenters. The predicted octanol–water partition coefficient (Wildman–Crippen LogP) is 2.69. The van der Waals surface area contributed by atoms with Gasteiger partial charge in [-0.15, -0.1) is 0 Å². The number of sulfone groups is 1. The molecular formula is C23H28N4O6S. The number of aromatic nitrogens is 3. The number of hydrogen-bond acceptors (Lipinski definition) is 8. The van der Waals surface area contributed by atoms with E-state index in [1.165, 1.54) is 17.5 Å². The van der Waals surface area contributed by atoms with Gasteiger partial charge in [-0.1, -0.05) is 0 Å². The second-order valence-electron chi connectivity index (χ2n) is 8.66. The Balaban J connectivity index is 1.50. The molecule has 1 aliphatic heterocycles. The summed E-state index contributed by atoms with van der Waals surface area (Å²) in [6.07, 6.45) is 3.56. The Morgan fingerprint density at radius 2 is 2.03 bits per heavy atom. The molecule has 1 amide bonds. The Hall–Kier alpha value is -3.18. The van der Waals surface area contributed by atoms with E-state index in [2.05, 4.69) is 9.97 Å². The van der Waals surface area contributed by atoms with E-state index in [4.69, 9.17) is 14.2 Å². The van der Waals surface area contributed by atoms with Crippen molar-refractivity contribution in [2.24, 2.45) is 5.92 Å². The second kappa shape index (κ2) is 9.59. The maximum absolute atomic E-state index is 12.1. The minimum absolute atomic E-state index is 0.0371. The van der Waals surface area contributed by atoms with E-state index < -0.39 is 9.84 Å². The molecule has 0 spiro atoms. The molecule has 1 fully saturated rings. The summed E-state index contributed by atoms with van der Waals surface area (Å²) in [4.78, 5) is 22.5. The van der Waals surface area contributed by atoms with Gasteiger partial charge in [0.05, 0.1) is 29.7 Å². The van der Waals surface area contributed by atoms with Gasteiger partial charge < -0.3 is 23.7 Å². The lowest BCUT2D eigenvalue weighted by atomic mass is 10.1. The van der Waals surface area contributed by atoms with Gasteiger partial charge in [0.1, 0.15) is 18.2 Å². The molecule has 10 nitrogen and oxygen atoms in total. The molecule has 1 aromatic carbocycles. The van der Waals surface area contributed by atoms with Crippen molar-refractivity contribution < 1.29 is 27.4 Å². The summed E-state index contributed by atoms with van der Waals surface area (Å²) in [5.41, 5.74) is 0.810. The van der Waals surface area contributed by atoms with Crippen LogP contribution in [0.2, 0.25) is 0 Å². The molecule has 0 saturated carbocycles. The van der Waals surface area contributed by atoms with Crippen LogP contribution in [-0.2, 0) is 19.3 Å². The summed E-state index contributed by atoms with van der Waals surface area (Å²) >= 11 is 0. The topological polar surface area (TPSA) is 113 Å². The summed E-state index contributed by atoms with van der Waals surface area (Å²) in [7, 11) is -1.60. The van der Waals surface area contributed by atoms with Gasteiger partial charge in [-0.05, 0) is 38.1 Å². The van der Waals surface area contributed by atoms with E-state index in [9.17, 15) is 13.2 Å². The van der Waals surface area contributed by atoms with Crippen molar-refractivity contribution in [3.8, 4) is 11.7 Å². The Morgan fingerprint density at radius 3 is 2.76 bits per heavy atom. The third-order valence-electron chi connectivity index (χ3n) is 5.53. The molecule has 2 atom stereocenters. The van der Waals surface area contributed by atoms with Crippen molar-refractivity contribution in [1.29, 1.82) is 0 Å². The molecular weight excluding hydrogens is 460 g/mol. The maximum Gasteiger partial charge on any atom is 0.409 e. The van der Waals surface area contributed by atoms with Crippen LogP contribution in [0.5, 0.6) is 5.88 Å². The number of amides is 1. The Morgan fingerprint density at radius 1 is 1.24 bits per heavy atom. The normalized spacial score (nSPS) is 18.4. The molecule has 11 heteroatoms. The van der Waals surface area contributed by atoms with E-state index in [-0.39, 0.29) is 29.1 Å². The highest BCUT2D eigenvalue weighted by molar-refractivity contribution is 7.90. The molecule has 0 radical (unpaired) electrons. The molecule has 1 aliphatic rings. The summed E-state index contributed by atoms with van der Waals surface area (Å²) in [6, 6.07) is 8.52. The summed E-state index contributed by atoms with van der Waals surface area (Å²) in [5, 5.41) is 0.782. The van der Waals surface area contributed by atoms with E-state index >= 15 is 0 Å². The molecule has 0 N–H and O–H groups in total. The van der Waals surface area contributed by atoms with Crippen LogP contribution in [0.1, 0.15) is 13.8 Å². The Bertz CT molecular complexity index is 1290. The van der Waals surface area contributed by atoms with Crippen molar-refractivity contribution in [2.75, 3.05) is 33.1 Å². The van der Waals surface area contributed by atoms with Crippen LogP contribution in [0.3, 0.4) is 0 Å². The van der Waals surface area contributed by atoms with Crippen molar-refractivity contribution in [3.63, 3.8) is 0 Å². The zero-order valence-electron chi connectivity index (χ0n) is 19.5. The fourth-order valence-electron chi connectivity index (χ4n) is 3.83. The van der Waals surface area contributed by atoms with Gasteiger partial charge in [0.15, 0.2) is 9.84 Å². The minimum atomic E-state index is -3.29. The van der Waals surface area contributed by atoms with Gasteiger partial charge in [-0.3, -0.25) is 0 Å². The fraction of sp³-hybridized carbons (Fsp3) is 0.435. The van der Waals surface area contributed by atoms with E-state index in [1.54, 1.807) is 31.3 Å². The number of ether oxygens (including phenoxy) is 3. The quantitative estimate of drug-likeness (QED) is 0.499. The standard InChI is InChI=1S/C23H28N4O6S/c1-15(2)32-23(28)26(3)11-17-12-31-13-20(17)33-22-10-21(24-14-25-22)27-8-7-16-9-18(34(4,29)30)5-6-19(16)27/h5-10,14-15,17,20H,11-13H2,1-4H3. The predicted molar refractivity (Wildman–Crippen MR) is 125 cm³/mol. The number of benzene rings is 1. The van der Waals surface area contributed by atoms with E-state index in [0.29, 0.717) is 31.5 Å². The highest BCUT2D eigenvalue weighted by atomic mass is 32.2. The van der Waals surface area contributed by atoms with Crippen molar-refractivity contribution >= 4 is 26.8 Å². The molecule has 0 aliphatic carbocycles. The van der Waals surface area contributed by atoms with Crippen molar-refractivity contribution in [3.05, 3.63) is 42.9 Å². The average molecular weight is 489 g/mol. The average Bonchev–Trinajstić information content (AvgIpc) is 3.39. The highest BCUT2D eigenvalue weighted by Gasteiger charge is 2.33. The lowest BCUT2D eigenvalue weighted by Gasteiger charge is -2.25. The molecule has 182 valence electrons. The number of rotatable bonds is 7. The Kier molecular flexibility index (Phi) is 6.76. The first-order valence-corrected chi connectivity index (χ1v) is 12.8. The van der Waals surface area contributed by atoms with E-state index in [0.717, 1.165) is 10.9 Å². The van der Waals surface area contributed by atoms with Gasteiger partial charge in [0.25, 0.3) is 0 Å². The van der Waals surface area contributed by atoms with Gasteiger partial charge in [-0.2, -0.15) is 0 Å². The minimum Gasteiger partial charge on any atom is -0.471 e. The molecule has 4 rings (SSSR count). The summed E-state index contributed by atoms with van der Waals surface area (Å²) < 4.78 is 42.5. The summed E-state index contributed by atoms with van der Waals surface area (Å²) in [5.74, 6) is 0.928. The van der Waals surface area contributed by atoms with Gasteiger partial charge in [0.2, 0.25) is 5.88 Å². The number of carbonyl (C=O) groups is 1. The van der Waals surface area contributed by atoms with Crippen LogP contribution >= 0.6 is 0 Å². The van der Waals surface area contributed by atoms with Crippen molar-refractivity contribution in [2.45, 2.75) is 31.0 Å². The van der Waals surface area contributed by atoms with Gasteiger partial charge in [-0.25, -0.2) is 23.2 Å². The van der Waals surface area contributed by atoms with E-state index in [1.807, 2.05) is 30.7 Å². The zero-order chi connectivity index (χ0) is 24.5. The lowest BCUT2D eigenvalue weighted by Crippen LogP contribution is -2.39. The number of nitrogens with zero attached hydrogens (tertiary/aromatic N) is 4. The molecule has 1 saturated heterocycles. The Labute approximate surface area is 198 Å². The number of hydrogen-bond donors (Lipinski definition) is 0. The number of carbonyl (C=O) groups excluding carboxylic acids is 1. The van der Waals surface area contributed by atoms with Crippen LogP contribution < -0.4 is 4.74 Å². The molecule has 3 heterocycles. The molecule has 0 bridgehead atoms. The van der Waals surface area contributed by atoms with Crippen LogP contribution in [-0.4, -0.2) is 79.2 Å². The third kappa shape index (κ3) is 5.31. The van der Waals surface area contributed by atoms with Gasteiger partial charge in [0, 0.05) is 43.4 Å². The molecule has 2 aromatic heterocycles. The zero-order valence-corrected chi connectivity index (χ0v) is 20.4. The van der Waals surface area contributed by atoms with Gasteiger partial charge >= 0.3 is 6.09 Å². The molecule has 34 heavy (non-hydrogen) atoms. The van der Waals surface area contributed by atoms with Crippen molar-refractivity contribution in [1.82, 2.24) is 19.4 Å². The van der Waals surface area contributed by atoms with Crippen LogP contribution in [0.15, 0.2) is 47.8 Å². The monoisotopic (exact) mass is 488 g/mol. The fourth-order valence-corrected chi connectivity index (χ4v) is 4.49. The summed E-state index contributed by atoms with van der Waals surface area (Å²) in [6.45, 7) is 4.90.